The summed E-state index contributed by atoms with van der Waals surface area (Å²) < 4.78 is 12.7. The topological polar surface area (TPSA) is 85.8 Å². The number of nitrogens with zero attached hydrogens (tertiary/aromatic N) is 5. The second kappa shape index (κ2) is 8.17. The molecule has 3 aromatic rings. The first-order valence-corrected chi connectivity index (χ1v) is 8.48. The van der Waals surface area contributed by atoms with Crippen molar-refractivity contribution in [1.82, 2.24) is 20.2 Å². The van der Waals surface area contributed by atoms with Crippen molar-refractivity contribution in [2.45, 2.75) is 5.16 Å². The van der Waals surface area contributed by atoms with Crippen LogP contribution in [0, 0.1) is 11.3 Å². The van der Waals surface area contributed by atoms with Gasteiger partial charge in [-0.2, -0.15) is 9.94 Å². The maximum Gasteiger partial charge on any atom is 0.214 e. The molecule has 0 unspecified atom stereocenters. The van der Waals surface area contributed by atoms with Crippen LogP contribution in [-0.4, -0.2) is 39.7 Å². The van der Waals surface area contributed by atoms with Gasteiger partial charge in [0.1, 0.15) is 17.2 Å². The number of nitriles is 1. The van der Waals surface area contributed by atoms with Gasteiger partial charge >= 0.3 is 0 Å². The number of hydrogen-bond donors (Lipinski definition) is 0. The Morgan fingerprint density at radius 2 is 1.96 bits per heavy atom. The molecule has 0 aliphatic carbocycles. The molecule has 0 atom stereocenters. The van der Waals surface area contributed by atoms with Gasteiger partial charge in [0.15, 0.2) is 0 Å². The van der Waals surface area contributed by atoms with Gasteiger partial charge in [-0.25, -0.2) is 0 Å². The van der Waals surface area contributed by atoms with Crippen molar-refractivity contribution in [3.8, 4) is 23.3 Å². The third-order valence-electron chi connectivity index (χ3n) is 3.32. The van der Waals surface area contributed by atoms with Crippen LogP contribution in [0.1, 0.15) is 5.56 Å². The van der Waals surface area contributed by atoms with Crippen LogP contribution >= 0.6 is 11.8 Å². The quantitative estimate of drug-likeness (QED) is 0.477. The predicted octanol–water partition coefficient (Wildman–Crippen LogP) is 2.71. The lowest BCUT2D eigenvalue weighted by molar-refractivity contribution is 0.344. The smallest absolute Gasteiger partial charge is 0.214 e. The van der Waals surface area contributed by atoms with E-state index >= 15 is 0 Å². The monoisotopic (exact) mass is 353 g/mol. The maximum absolute atomic E-state index is 8.78. The normalized spacial score (nSPS) is 10.2. The number of rotatable bonds is 7. The summed E-state index contributed by atoms with van der Waals surface area (Å²) in [5, 5.41) is 21.3. The first-order chi connectivity index (χ1) is 12.3. The molecule has 3 rings (SSSR count). The standard InChI is InChI=1S/C17H15N5O2S/c1-23-16-5-3-2-4-15(16)22-17(19-20-21-22)25-11-10-24-14-8-6-13(12-18)7-9-14/h2-9H,10-11H2,1H3. The number of para-hydroxylation sites is 2. The Morgan fingerprint density at radius 3 is 2.72 bits per heavy atom. The highest BCUT2D eigenvalue weighted by atomic mass is 32.2. The Bertz CT molecular complexity index is 873. The number of ether oxygens (including phenoxy) is 2. The molecular weight excluding hydrogens is 338 g/mol. The maximum atomic E-state index is 8.78. The molecule has 8 heteroatoms. The van der Waals surface area contributed by atoms with Gasteiger partial charge in [0.2, 0.25) is 5.16 Å². The lowest BCUT2D eigenvalue weighted by Crippen LogP contribution is -2.04. The molecule has 0 spiro atoms. The summed E-state index contributed by atoms with van der Waals surface area (Å²) in [5.41, 5.74) is 1.39. The molecule has 1 aromatic heterocycles. The summed E-state index contributed by atoms with van der Waals surface area (Å²) in [4.78, 5) is 0. The first kappa shape index (κ1) is 16.8. The minimum Gasteiger partial charge on any atom is -0.494 e. The second-order valence-electron chi connectivity index (χ2n) is 4.88. The number of hydrogen-bond acceptors (Lipinski definition) is 7. The zero-order valence-corrected chi connectivity index (χ0v) is 14.3. The molecule has 0 saturated heterocycles. The van der Waals surface area contributed by atoms with Gasteiger partial charge < -0.3 is 9.47 Å². The van der Waals surface area contributed by atoms with Crippen LogP contribution in [-0.2, 0) is 0 Å². The van der Waals surface area contributed by atoms with E-state index in [9.17, 15) is 0 Å². The van der Waals surface area contributed by atoms with Crippen molar-refractivity contribution in [3.63, 3.8) is 0 Å². The van der Waals surface area contributed by atoms with Gasteiger partial charge in [0.05, 0.1) is 25.3 Å². The van der Waals surface area contributed by atoms with E-state index in [1.165, 1.54) is 11.8 Å². The van der Waals surface area contributed by atoms with Gasteiger partial charge in [-0.15, -0.1) is 5.10 Å². The molecule has 1 heterocycles. The number of benzene rings is 2. The molecule has 0 N–H and O–H groups in total. The minimum atomic E-state index is 0.495. The summed E-state index contributed by atoms with van der Waals surface area (Å²) in [7, 11) is 1.61. The Kier molecular flexibility index (Phi) is 5.49. The summed E-state index contributed by atoms with van der Waals surface area (Å²) in [6.45, 7) is 0.495. The van der Waals surface area contributed by atoms with Crippen LogP contribution in [0.3, 0.4) is 0 Å². The fourth-order valence-electron chi connectivity index (χ4n) is 2.14. The lowest BCUT2D eigenvalue weighted by Gasteiger charge is -2.09. The van der Waals surface area contributed by atoms with E-state index in [0.717, 1.165) is 11.4 Å². The molecule has 0 saturated carbocycles. The number of aromatic nitrogens is 4. The van der Waals surface area contributed by atoms with Crippen molar-refractivity contribution in [2.24, 2.45) is 0 Å². The van der Waals surface area contributed by atoms with Gasteiger partial charge in [-0.3, -0.25) is 0 Å². The summed E-state index contributed by atoms with van der Waals surface area (Å²) in [6.07, 6.45) is 0. The third kappa shape index (κ3) is 4.08. The Morgan fingerprint density at radius 1 is 1.16 bits per heavy atom. The van der Waals surface area contributed by atoms with Crippen LogP contribution in [0.5, 0.6) is 11.5 Å². The summed E-state index contributed by atoms with van der Waals surface area (Å²) in [5.74, 6) is 2.10. The molecule has 0 fully saturated rings. The summed E-state index contributed by atoms with van der Waals surface area (Å²) >= 11 is 1.49. The Labute approximate surface area is 149 Å². The van der Waals surface area contributed by atoms with Crippen LogP contribution < -0.4 is 9.47 Å². The van der Waals surface area contributed by atoms with Crippen LogP contribution in [0.25, 0.3) is 5.69 Å². The second-order valence-corrected chi connectivity index (χ2v) is 5.94. The van der Waals surface area contributed by atoms with E-state index in [2.05, 4.69) is 21.6 Å². The van der Waals surface area contributed by atoms with Crippen molar-refractivity contribution < 1.29 is 9.47 Å². The van der Waals surface area contributed by atoms with E-state index in [1.807, 2.05) is 24.3 Å². The highest BCUT2D eigenvalue weighted by Crippen LogP contribution is 2.25. The molecule has 0 aliphatic rings. The van der Waals surface area contributed by atoms with Crippen LogP contribution in [0.15, 0.2) is 53.7 Å². The Hall–Kier alpha value is -3.05. The van der Waals surface area contributed by atoms with Gasteiger partial charge in [-0.05, 0) is 46.8 Å². The van der Waals surface area contributed by atoms with Gasteiger partial charge in [-0.1, -0.05) is 23.9 Å². The van der Waals surface area contributed by atoms with E-state index in [0.29, 0.717) is 28.8 Å². The summed E-state index contributed by atoms with van der Waals surface area (Å²) in [6, 6.07) is 16.6. The molecule has 0 amide bonds. The fraction of sp³-hybridized carbons (Fsp3) is 0.176. The van der Waals surface area contributed by atoms with Crippen LogP contribution in [0.4, 0.5) is 0 Å². The predicted molar refractivity (Wildman–Crippen MR) is 93.1 cm³/mol. The fourth-order valence-corrected chi connectivity index (χ4v) is 2.84. The number of methoxy groups -OCH3 is 1. The zero-order chi connectivity index (χ0) is 17.5. The molecule has 0 aliphatic heterocycles. The van der Waals surface area contributed by atoms with Crippen LogP contribution in [0.2, 0.25) is 0 Å². The van der Waals surface area contributed by atoms with Crippen molar-refractivity contribution in [2.75, 3.05) is 19.5 Å². The molecular formula is C17H15N5O2S. The number of tetrazole rings is 1. The van der Waals surface area contributed by atoms with E-state index in [-0.39, 0.29) is 0 Å². The molecule has 7 nitrogen and oxygen atoms in total. The molecule has 0 bridgehead atoms. The van der Waals surface area contributed by atoms with Crippen molar-refractivity contribution in [3.05, 3.63) is 54.1 Å². The number of thioether (sulfide) groups is 1. The zero-order valence-electron chi connectivity index (χ0n) is 13.5. The van der Waals surface area contributed by atoms with Crippen molar-refractivity contribution in [1.29, 1.82) is 5.26 Å². The van der Waals surface area contributed by atoms with Crippen molar-refractivity contribution >= 4 is 11.8 Å². The first-order valence-electron chi connectivity index (χ1n) is 7.49. The lowest BCUT2D eigenvalue weighted by atomic mass is 10.2. The van der Waals surface area contributed by atoms with Gasteiger partial charge in [0.25, 0.3) is 0 Å². The molecule has 2 aromatic carbocycles. The van der Waals surface area contributed by atoms with E-state index in [4.69, 9.17) is 14.7 Å². The average molecular weight is 353 g/mol. The average Bonchev–Trinajstić information content (AvgIpc) is 3.14. The molecule has 0 radical (unpaired) electrons. The molecule has 126 valence electrons. The largest absolute Gasteiger partial charge is 0.494 e. The third-order valence-corrected chi connectivity index (χ3v) is 4.20. The van der Waals surface area contributed by atoms with E-state index < -0.39 is 0 Å². The highest BCUT2D eigenvalue weighted by molar-refractivity contribution is 7.99. The van der Waals surface area contributed by atoms with E-state index in [1.54, 1.807) is 36.1 Å². The Balaban J connectivity index is 1.59. The SMILES string of the molecule is COc1ccccc1-n1nnnc1SCCOc1ccc(C#N)cc1. The van der Waals surface area contributed by atoms with Gasteiger partial charge in [0, 0.05) is 5.75 Å². The minimum absolute atomic E-state index is 0.495. The molecule has 25 heavy (non-hydrogen) atoms. The highest BCUT2D eigenvalue weighted by Gasteiger charge is 2.12.